The van der Waals surface area contributed by atoms with Crippen LogP contribution in [0, 0.1) is 0 Å². The van der Waals surface area contributed by atoms with Crippen LogP contribution in [0.15, 0.2) is 49.2 Å². The van der Waals surface area contributed by atoms with Crippen LogP contribution < -0.4 is 10.8 Å². The highest BCUT2D eigenvalue weighted by Crippen LogP contribution is 2.36. The van der Waals surface area contributed by atoms with Gasteiger partial charge in [0.15, 0.2) is 0 Å². The molecule has 1 aliphatic heterocycles. The molecular weight excluding hydrogens is 323 g/mol. The summed E-state index contributed by atoms with van der Waals surface area (Å²) in [6.45, 7) is 3.99. The number of benzene rings is 1. The van der Waals surface area contributed by atoms with Crippen molar-refractivity contribution in [3.05, 3.63) is 60.4 Å². The fourth-order valence-electron chi connectivity index (χ4n) is 2.43. The molecule has 22 heavy (non-hydrogen) atoms. The number of alkyl halides is 2. The van der Waals surface area contributed by atoms with Gasteiger partial charge in [-0.25, -0.2) is 4.68 Å². The molecule has 0 saturated heterocycles. The van der Waals surface area contributed by atoms with Crippen LogP contribution in [0.1, 0.15) is 22.8 Å². The lowest BCUT2D eigenvalue weighted by Gasteiger charge is -2.32. The average molecular weight is 339 g/mol. The summed E-state index contributed by atoms with van der Waals surface area (Å²) >= 11 is 12.8. The Morgan fingerprint density at radius 1 is 1.36 bits per heavy atom. The Hall–Kier alpha value is -1.37. The maximum absolute atomic E-state index is 6.42. The number of hydrogen-bond acceptors (Lipinski definition) is 4. The quantitative estimate of drug-likeness (QED) is 0.289. The Morgan fingerprint density at radius 2 is 2.14 bits per heavy atom. The van der Waals surface area contributed by atoms with Gasteiger partial charge in [-0.1, -0.05) is 35.9 Å². The van der Waals surface area contributed by atoms with E-state index < -0.39 is 11.0 Å². The highest BCUT2D eigenvalue weighted by atomic mass is 35.5. The number of aromatic nitrogens is 2. The van der Waals surface area contributed by atoms with Crippen molar-refractivity contribution in [1.29, 1.82) is 0 Å². The smallest absolute Gasteiger partial charge is 0.127 e. The number of halogens is 2. The second-order valence-corrected chi connectivity index (χ2v) is 5.77. The Bertz CT molecular complexity index is 646. The second kappa shape index (κ2) is 6.81. The third-order valence-corrected chi connectivity index (χ3v) is 4.13. The number of fused-ring (bicyclic) bond motifs is 1. The number of hydrogen-bond donors (Lipinski definition) is 2. The summed E-state index contributed by atoms with van der Waals surface area (Å²) in [5.74, 6) is 0. The van der Waals surface area contributed by atoms with Crippen molar-refractivity contribution in [3.8, 4) is 5.69 Å². The SMILES string of the molecule is C=CCONC1c2cnn(-c3ccccc3)c2C(Cl)NC1Cl. The van der Waals surface area contributed by atoms with Crippen LogP contribution in [-0.2, 0) is 4.84 Å². The standard InChI is InChI=1S/C15H16Cl2N4O/c1-2-8-22-20-12-11-9-18-21(10-6-4-3-5-7-10)13(11)15(17)19-14(12)16/h2-7,9,12,14-15,19-20H,1,8H2. The molecule has 0 amide bonds. The molecule has 2 aromatic rings. The van der Waals surface area contributed by atoms with Gasteiger partial charge in [0.25, 0.3) is 0 Å². The molecule has 3 unspecified atom stereocenters. The monoisotopic (exact) mass is 338 g/mol. The first-order chi connectivity index (χ1) is 10.7. The summed E-state index contributed by atoms with van der Waals surface area (Å²) in [5.41, 5.74) is 4.79. The van der Waals surface area contributed by atoms with Gasteiger partial charge in [-0.05, 0) is 12.1 Å². The summed E-state index contributed by atoms with van der Waals surface area (Å²) in [4.78, 5) is 5.33. The first-order valence-electron chi connectivity index (χ1n) is 6.88. The van der Waals surface area contributed by atoms with Crippen LogP contribution in [0.25, 0.3) is 5.69 Å². The Kier molecular flexibility index (Phi) is 4.81. The van der Waals surface area contributed by atoms with Crippen molar-refractivity contribution in [1.82, 2.24) is 20.6 Å². The first-order valence-corrected chi connectivity index (χ1v) is 7.75. The third-order valence-electron chi connectivity index (χ3n) is 3.42. The zero-order valence-electron chi connectivity index (χ0n) is 11.7. The molecule has 0 radical (unpaired) electrons. The lowest BCUT2D eigenvalue weighted by molar-refractivity contribution is 0.0283. The zero-order chi connectivity index (χ0) is 15.5. The average Bonchev–Trinajstić information content (AvgIpc) is 2.97. The molecule has 0 aliphatic carbocycles. The van der Waals surface area contributed by atoms with Crippen LogP contribution >= 0.6 is 23.2 Å². The molecule has 7 heteroatoms. The van der Waals surface area contributed by atoms with E-state index in [0.29, 0.717) is 6.61 Å². The summed E-state index contributed by atoms with van der Waals surface area (Å²) in [6.07, 6.45) is 3.42. The summed E-state index contributed by atoms with van der Waals surface area (Å²) in [7, 11) is 0. The van der Waals surface area contributed by atoms with E-state index in [0.717, 1.165) is 16.9 Å². The first kappa shape index (κ1) is 15.5. The minimum atomic E-state index is -0.433. The van der Waals surface area contributed by atoms with Crippen molar-refractivity contribution in [2.24, 2.45) is 0 Å². The molecule has 2 N–H and O–H groups in total. The maximum Gasteiger partial charge on any atom is 0.127 e. The summed E-state index contributed by atoms with van der Waals surface area (Å²) < 4.78 is 1.81. The lowest BCUT2D eigenvalue weighted by atomic mass is 10.0. The van der Waals surface area contributed by atoms with E-state index in [1.807, 2.05) is 35.0 Å². The van der Waals surface area contributed by atoms with Crippen molar-refractivity contribution in [2.75, 3.05) is 6.61 Å². The number of para-hydroxylation sites is 1. The van der Waals surface area contributed by atoms with E-state index in [1.54, 1.807) is 12.3 Å². The minimum Gasteiger partial charge on any atom is -0.297 e. The van der Waals surface area contributed by atoms with E-state index in [2.05, 4.69) is 22.5 Å². The zero-order valence-corrected chi connectivity index (χ0v) is 13.3. The van der Waals surface area contributed by atoms with Gasteiger partial charge in [0.1, 0.15) is 11.0 Å². The van der Waals surface area contributed by atoms with Crippen LogP contribution in [0.4, 0.5) is 0 Å². The molecule has 2 heterocycles. The van der Waals surface area contributed by atoms with Gasteiger partial charge in [-0.3, -0.25) is 10.2 Å². The van der Waals surface area contributed by atoms with Gasteiger partial charge in [0.2, 0.25) is 0 Å². The summed E-state index contributed by atoms with van der Waals surface area (Å²) in [6, 6.07) is 9.55. The van der Waals surface area contributed by atoms with Crippen molar-refractivity contribution in [3.63, 3.8) is 0 Å². The molecule has 3 rings (SSSR count). The predicted molar refractivity (Wildman–Crippen MR) is 87.0 cm³/mol. The molecule has 5 nitrogen and oxygen atoms in total. The number of nitrogens with zero attached hydrogens (tertiary/aromatic N) is 2. The number of rotatable bonds is 5. The fourth-order valence-corrected chi connectivity index (χ4v) is 3.16. The normalized spacial score (nSPS) is 24.0. The van der Waals surface area contributed by atoms with Gasteiger partial charge in [-0.2, -0.15) is 10.6 Å². The highest BCUT2D eigenvalue weighted by Gasteiger charge is 2.36. The number of hydroxylamine groups is 1. The van der Waals surface area contributed by atoms with Crippen LogP contribution in [-0.4, -0.2) is 21.9 Å². The molecule has 3 atom stereocenters. The topological polar surface area (TPSA) is 51.1 Å². The Balaban J connectivity index is 1.96. The lowest BCUT2D eigenvalue weighted by Crippen LogP contribution is -2.43. The molecule has 0 saturated carbocycles. The molecule has 1 aliphatic rings. The number of nitrogens with one attached hydrogen (secondary N) is 2. The molecule has 0 fully saturated rings. The van der Waals surface area contributed by atoms with Crippen molar-refractivity contribution < 1.29 is 4.84 Å². The van der Waals surface area contributed by atoms with E-state index in [4.69, 9.17) is 28.0 Å². The van der Waals surface area contributed by atoms with Gasteiger partial charge in [-0.15, -0.1) is 18.2 Å². The van der Waals surface area contributed by atoms with Gasteiger partial charge < -0.3 is 0 Å². The van der Waals surface area contributed by atoms with Crippen molar-refractivity contribution in [2.45, 2.75) is 17.0 Å². The molecule has 0 bridgehead atoms. The second-order valence-electron chi connectivity index (χ2n) is 4.86. The van der Waals surface area contributed by atoms with Gasteiger partial charge in [0, 0.05) is 5.56 Å². The predicted octanol–water partition coefficient (Wildman–Crippen LogP) is 3.03. The maximum atomic E-state index is 6.42. The molecule has 0 spiro atoms. The van der Waals surface area contributed by atoms with E-state index >= 15 is 0 Å². The van der Waals surface area contributed by atoms with Crippen molar-refractivity contribution >= 4 is 23.2 Å². The molecule has 1 aromatic carbocycles. The minimum absolute atomic E-state index is 0.260. The van der Waals surface area contributed by atoms with Crippen LogP contribution in [0.2, 0.25) is 0 Å². The largest absolute Gasteiger partial charge is 0.297 e. The third kappa shape index (κ3) is 2.91. The van der Waals surface area contributed by atoms with Crippen LogP contribution in [0.5, 0.6) is 0 Å². The van der Waals surface area contributed by atoms with E-state index in [9.17, 15) is 0 Å². The molecular formula is C15H16Cl2N4O. The fraction of sp³-hybridized carbons (Fsp3) is 0.267. The van der Waals surface area contributed by atoms with E-state index in [1.165, 1.54) is 0 Å². The highest BCUT2D eigenvalue weighted by molar-refractivity contribution is 6.24. The van der Waals surface area contributed by atoms with Gasteiger partial charge in [0.05, 0.1) is 30.2 Å². The van der Waals surface area contributed by atoms with E-state index in [-0.39, 0.29) is 6.04 Å². The summed E-state index contributed by atoms with van der Waals surface area (Å²) in [5, 5.41) is 7.56. The van der Waals surface area contributed by atoms with Gasteiger partial charge >= 0.3 is 0 Å². The Morgan fingerprint density at radius 3 is 2.86 bits per heavy atom. The Labute approximate surface area is 138 Å². The molecule has 1 aromatic heterocycles. The molecule has 116 valence electrons. The van der Waals surface area contributed by atoms with Crippen LogP contribution in [0.3, 0.4) is 0 Å².